The topological polar surface area (TPSA) is 102 Å². The second-order valence-electron chi connectivity index (χ2n) is 9.39. The summed E-state index contributed by atoms with van der Waals surface area (Å²) in [5, 5.41) is 0. The van der Waals surface area contributed by atoms with E-state index in [-0.39, 0.29) is 0 Å². The van der Waals surface area contributed by atoms with Crippen LogP contribution >= 0.6 is 0 Å². The van der Waals surface area contributed by atoms with E-state index in [1.54, 1.807) is 0 Å². The third-order valence-corrected chi connectivity index (χ3v) is 6.36. The van der Waals surface area contributed by atoms with Gasteiger partial charge in [-0.05, 0) is 66.5 Å². The van der Waals surface area contributed by atoms with E-state index in [9.17, 15) is 0 Å². The molecule has 4 saturated heterocycles. The number of epoxide rings is 4. The largest absolute Gasteiger partial charge is 0.399 e. The van der Waals surface area contributed by atoms with E-state index in [1.165, 1.54) is 25.7 Å². The lowest BCUT2D eigenvalue weighted by atomic mass is 9.72. The molecular formula is C25H32N2O4. The van der Waals surface area contributed by atoms with Crippen molar-refractivity contribution >= 4 is 11.4 Å². The molecule has 6 rings (SSSR count). The van der Waals surface area contributed by atoms with Crippen molar-refractivity contribution in [2.45, 2.75) is 50.1 Å². The summed E-state index contributed by atoms with van der Waals surface area (Å²) in [6, 6.07) is 15.5. The third-order valence-electron chi connectivity index (χ3n) is 6.36. The maximum Gasteiger partial charge on any atom is 0.0815 e. The van der Waals surface area contributed by atoms with E-state index < -0.39 is 0 Å². The molecule has 2 aromatic carbocycles. The highest BCUT2D eigenvalue weighted by Gasteiger charge is 2.48. The Morgan fingerprint density at radius 2 is 0.935 bits per heavy atom. The molecule has 0 amide bonds. The first-order valence-corrected chi connectivity index (χ1v) is 11.2. The lowest BCUT2D eigenvalue weighted by Crippen LogP contribution is -2.29. The molecule has 0 aromatic heterocycles. The van der Waals surface area contributed by atoms with E-state index >= 15 is 0 Å². The number of nitrogens with two attached hydrogens (primary N) is 2. The van der Waals surface area contributed by atoms with Gasteiger partial charge in [0, 0.05) is 11.4 Å². The molecule has 4 unspecified atom stereocenters. The summed E-state index contributed by atoms with van der Waals surface area (Å²) >= 11 is 0. The van der Waals surface area contributed by atoms with Gasteiger partial charge in [-0.15, -0.1) is 0 Å². The molecule has 6 nitrogen and oxygen atoms in total. The van der Waals surface area contributed by atoms with Crippen LogP contribution in [0.4, 0.5) is 11.4 Å². The fourth-order valence-corrected chi connectivity index (χ4v) is 4.61. The molecule has 0 radical (unpaired) electrons. The maximum atomic E-state index is 5.70. The van der Waals surface area contributed by atoms with Crippen LogP contribution in [0.15, 0.2) is 48.5 Å². The number of hydrogen-bond donors (Lipinski definition) is 2. The standard InChI is InChI=1S/C13H20O4.C12H12N2/c1(9-5-14-9)13(2-10-6-15-10,3-11-7-16-11)4-12-8-17-12;13-11-5-1-3-9(7-11)10-4-2-6-12(14)8-10/h9-12H,1-8H2;1-8H,13-14H2. The van der Waals surface area contributed by atoms with Gasteiger partial charge in [0.15, 0.2) is 0 Å². The minimum absolute atomic E-state index is 0.338. The quantitative estimate of drug-likeness (QED) is 0.471. The first-order valence-electron chi connectivity index (χ1n) is 11.2. The predicted octanol–water partition coefficient (Wildman–Crippen LogP) is 3.65. The Bertz CT molecular complexity index is 784. The zero-order valence-corrected chi connectivity index (χ0v) is 17.9. The molecular weight excluding hydrogens is 392 g/mol. The molecule has 2 aromatic rings. The number of nitrogen functional groups attached to an aromatic ring is 2. The van der Waals surface area contributed by atoms with Crippen molar-refractivity contribution in [2.24, 2.45) is 5.41 Å². The Kier molecular flexibility index (Phi) is 5.89. The highest BCUT2D eigenvalue weighted by molar-refractivity contribution is 5.70. The fourth-order valence-electron chi connectivity index (χ4n) is 4.61. The molecule has 0 spiro atoms. The van der Waals surface area contributed by atoms with E-state index in [1.807, 2.05) is 48.5 Å². The zero-order chi connectivity index (χ0) is 21.3. The Hall–Kier alpha value is -2.12. The van der Waals surface area contributed by atoms with Crippen molar-refractivity contribution < 1.29 is 18.9 Å². The van der Waals surface area contributed by atoms with E-state index in [2.05, 4.69) is 0 Å². The van der Waals surface area contributed by atoms with Gasteiger partial charge >= 0.3 is 0 Å². The first-order chi connectivity index (χ1) is 15.1. The van der Waals surface area contributed by atoms with Crippen molar-refractivity contribution in [3.8, 4) is 11.1 Å². The highest BCUT2D eigenvalue weighted by Crippen LogP contribution is 2.48. The number of anilines is 2. The van der Waals surface area contributed by atoms with E-state index in [0.717, 1.165) is 48.9 Å². The van der Waals surface area contributed by atoms with Gasteiger partial charge in [-0.25, -0.2) is 0 Å². The normalized spacial score (nSPS) is 29.3. The molecule has 4 fully saturated rings. The van der Waals surface area contributed by atoms with Gasteiger partial charge in [0.25, 0.3) is 0 Å². The van der Waals surface area contributed by atoms with Crippen LogP contribution in [0.1, 0.15) is 25.7 Å². The van der Waals surface area contributed by atoms with Gasteiger partial charge in [0.05, 0.1) is 50.8 Å². The molecule has 4 N–H and O–H groups in total. The summed E-state index contributed by atoms with van der Waals surface area (Å²) in [4.78, 5) is 0. The SMILES string of the molecule is C1OC1CC(CC1CO1)(CC1CO1)CC1CO1.Nc1cccc(-c2cccc(N)c2)c1. The third kappa shape index (κ3) is 6.43. The predicted molar refractivity (Wildman–Crippen MR) is 121 cm³/mol. The van der Waals surface area contributed by atoms with Crippen molar-refractivity contribution in [2.75, 3.05) is 37.9 Å². The summed E-state index contributed by atoms with van der Waals surface area (Å²) in [7, 11) is 0. The van der Waals surface area contributed by atoms with Crippen molar-refractivity contribution in [3.63, 3.8) is 0 Å². The molecule has 0 aliphatic carbocycles. The number of rotatable bonds is 9. The molecule has 4 heterocycles. The minimum Gasteiger partial charge on any atom is -0.399 e. The van der Waals surface area contributed by atoms with Crippen LogP contribution in [0.5, 0.6) is 0 Å². The minimum atomic E-state index is 0.338. The van der Waals surface area contributed by atoms with Gasteiger partial charge in [0.2, 0.25) is 0 Å². The monoisotopic (exact) mass is 424 g/mol. The zero-order valence-electron chi connectivity index (χ0n) is 17.9. The van der Waals surface area contributed by atoms with Crippen LogP contribution in [0.25, 0.3) is 11.1 Å². The van der Waals surface area contributed by atoms with Gasteiger partial charge in [0.1, 0.15) is 0 Å². The summed E-state index contributed by atoms with van der Waals surface area (Å²) in [6.07, 6.45) is 6.66. The number of ether oxygens (including phenoxy) is 4. The molecule has 4 aliphatic heterocycles. The molecule has 4 aliphatic rings. The Labute approximate surface area is 183 Å². The van der Waals surface area contributed by atoms with Crippen molar-refractivity contribution in [1.82, 2.24) is 0 Å². The molecule has 0 saturated carbocycles. The summed E-state index contributed by atoms with van der Waals surface area (Å²) in [5.74, 6) is 0. The molecule has 6 heteroatoms. The molecule has 0 bridgehead atoms. The van der Waals surface area contributed by atoms with Crippen LogP contribution in [0.2, 0.25) is 0 Å². The molecule has 31 heavy (non-hydrogen) atoms. The highest BCUT2D eigenvalue weighted by atomic mass is 16.6. The summed E-state index contributed by atoms with van der Waals surface area (Å²) in [5.41, 5.74) is 15.5. The second-order valence-corrected chi connectivity index (χ2v) is 9.39. The fraction of sp³-hybridized carbons (Fsp3) is 0.520. The molecule has 166 valence electrons. The average Bonchev–Trinajstić information content (AvgIpc) is 3.58. The van der Waals surface area contributed by atoms with Gasteiger partial charge in [-0.2, -0.15) is 0 Å². The van der Waals surface area contributed by atoms with Gasteiger partial charge in [-0.1, -0.05) is 24.3 Å². The van der Waals surface area contributed by atoms with Crippen molar-refractivity contribution in [1.29, 1.82) is 0 Å². The smallest absolute Gasteiger partial charge is 0.0815 e. The summed E-state index contributed by atoms with van der Waals surface area (Å²) < 4.78 is 21.8. The van der Waals surface area contributed by atoms with E-state index in [4.69, 9.17) is 30.4 Å². The Balaban J connectivity index is 0.000000135. The Morgan fingerprint density at radius 3 is 1.19 bits per heavy atom. The van der Waals surface area contributed by atoms with E-state index in [0.29, 0.717) is 29.8 Å². The van der Waals surface area contributed by atoms with Crippen LogP contribution in [0, 0.1) is 5.41 Å². The van der Waals surface area contributed by atoms with Crippen molar-refractivity contribution in [3.05, 3.63) is 48.5 Å². The van der Waals surface area contributed by atoms with Crippen LogP contribution in [-0.4, -0.2) is 50.8 Å². The lowest BCUT2D eigenvalue weighted by Gasteiger charge is -2.32. The van der Waals surface area contributed by atoms with Crippen LogP contribution in [-0.2, 0) is 18.9 Å². The average molecular weight is 425 g/mol. The molecule has 4 atom stereocenters. The lowest BCUT2D eigenvalue weighted by molar-refractivity contribution is 0.129. The number of benzene rings is 2. The van der Waals surface area contributed by atoms with Gasteiger partial charge < -0.3 is 30.4 Å². The number of hydrogen-bond acceptors (Lipinski definition) is 6. The van der Waals surface area contributed by atoms with Crippen LogP contribution in [0.3, 0.4) is 0 Å². The van der Waals surface area contributed by atoms with Crippen LogP contribution < -0.4 is 11.5 Å². The second kappa shape index (κ2) is 8.79. The van der Waals surface area contributed by atoms with Gasteiger partial charge in [-0.3, -0.25) is 0 Å². The first kappa shape index (κ1) is 20.8. The summed E-state index contributed by atoms with van der Waals surface area (Å²) in [6.45, 7) is 3.79. The Morgan fingerprint density at radius 1 is 0.613 bits per heavy atom. The maximum absolute atomic E-state index is 5.70.